The van der Waals surface area contributed by atoms with Gasteiger partial charge in [0.25, 0.3) is 0 Å². The lowest BCUT2D eigenvalue weighted by atomic mass is 9.44. The first kappa shape index (κ1) is 18.7. The molecule has 2 bridgehead atoms. The minimum absolute atomic E-state index is 0.0225. The molecule has 0 saturated heterocycles. The topological polar surface area (TPSA) is 46.5 Å². The predicted octanol–water partition coefficient (Wildman–Crippen LogP) is 4.05. The van der Waals surface area contributed by atoms with Gasteiger partial charge in [-0.2, -0.15) is 0 Å². The standard InChI is InChI=1S/C20H33ClO3/c1-12-6-8-20-9-7-14(24-5)16(20)19(12,4)15(22)10-18(3,11-21)17(23)13(20)2/h12-16,22H,6-11H2,1-5H3/t12-,13-,14+,15+,16+,18-,19-,20-/m0/s1. The first-order chi connectivity index (χ1) is 11.2. The van der Waals surface area contributed by atoms with Crippen LogP contribution in [0.1, 0.15) is 59.8 Å². The van der Waals surface area contributed by atoms with Crippen molar-refractivity contribution in [2.75, 3.05) is 13.0 Å². The summed E-state index contributed by atoms with van der Waals surface area (Å²) >= 11 is 6.25. The lowest BCUT2D eigenvalue weighted by Crippen LogP contribution is -2.62. The summed E-state index contributed by atoms with van der Waals surface area (Å²) in [5, 5.41) is 11.3. The van der Waals surface area contributed by atoms with E-state index in [0.29, 0.717) is 12.3 Å². The molecule has 3 saturated carbocycles. The largest absolute Gasteiger partial charge is 0.393 e. The molecule has 0 aromatic rings. The van der Waals surface area contributed by atoms with Crippen molar-refractivity contribution in [2.45, 2.75) is 72.0 Å². The van der Waals surface area contributed by atoms with Crippen LogP contribution < -0.4 is 0 Å². The molecule has 0 aliphatic heterocycles. The number of ketones is 1. The Morgan fingerprint density at radius 2 is 1.88 bits per heavy atom. The van der Waals surface area contributed by atoms with Gasteiger partial charge in [-0.3, -0.25) is 4.79 Å². The van der Waals surface area contributed by atoms with E-state index >= 15 is 0 Å². The van der Waals surface area contributed by atoms with Crippen molar-refractivity contribution in [3.05, 3.63) is 0 Å². The van der Waals surface area contributed by atoms with Gasteiger partial charge in [0, 0.05) is 29.7 Å². The maximum absolute atomic E-state index is 13.4. The third kappa shape index (κ3) is 2.20. The van der Waals surface area contributed by atoms with Gasteiger partial charge in [-0.25, -0.2) is 0 Å². The van der Waals surface area contributed by atoms with E-state index in [1.54, 1.807) is 7.11 Å². The summed E-state index contributed by atoms with van der Waals surface area (Å²) in [6, 6.07) is 0. The molecule has 1 N–H and O–H groups in total. The average Bonchev–Trinajstić information content (AvgIpc) is 2.96. The van der Waals surface area contributed by atoms with Crippen molar-refractivity contribution in [1.29, 1.82) is 0 Å². The molecule has 0 unspecified atom stereocenters. The molecule has 3 aliphatic rings. The van der Waals surface area contributed by atoms with Gasteiger partial charge in [-0.15, -0.1) is 11.6 Å². The average molecular weight is 357 g/mol. The number of Topliss-reactive ketones (excluding diaryl/α,β-unsaturated/α-hetero) is 1. The van der Waals surface area contributed by atoms with Gasteiger partial charge in [0.05, 0.1) is 12.2 Å². The highest BCUT2D eigenvalue weighted by atomic mass is 35.5. The quantitative estimate of drug-likeness (QED) is 0.759. The molecule has 3 aliphatic carbocycles. The number of methoxy groups -OCH3 is 1. The van der Waals surface area contributed by atoms with E-state index in [1.807, 2.05) is 6.92 Å². The summed E-state index contributed by atoms with van der Waals surface area (Å²) in [5.74, 6) is 1.17. The van der Waals surface area contributed by atoms with Crippen molar-refractivity contribution in [2.24, 2.45) is 34.0 Å². The zero-order valence-electron chi connectivity index (χ0n) is 15.8. The van der Waals surface area contributed by atoms with Gasteiger partial charge < -0.3 is 9.84 Å². The number of hydrogen-bond acceptors (Lipinski definition) is 3. The molecule has 0 radical (unpaired) electrons. The third-order valence-corrected chi connectivity index (χ3v) is 9.06. The fraction of sp³-hybridized carbons (Fsp3) is 0.950. The second-order valence-corrected chi connectivity index (χ2v) is 9.60. The van der Waals surface area contributed by atoms with E-state index in [0.717, 1.165) is 25.7 Å². The lowest BCUT2D eigenvalue weighted by Gasteiger charge is -2.61. The monoisotopic (exact) mass is 356 g/mol. The molecule has 0 spiro atoms. The lowest BCUT2D eigenvalue weighted by molar-refractivity contribution is -0.190. The summed E-state index contributed by atoms with van der Waals surface area (Å²) in [6.07, 6.45) is 4.24. The van der Waals surface area contributed by atoms with Crippen LogP contribution in [0.4, 0.5) is 0 Å². The summed E-state index contributed by atoms with van der Waals surface area (Å²) < 4.78 is 5.88. The highest BCUT2D eigenvalue weighted by molar-refractivity contribution is 6.20. The first-order valence-electron chi connectivity index (χ1n) is 9.48. The van der Waals surface area contributed by atoms with E-state index in [9.17, 15) is 9.90 Å². The minimum atomic E-state index is -0.637. The SMILES string of the molecule is CO[C@@H]1CC[C@@]23CC[C@H](C)[C@@](C)([C@H](O)C[C@@](C)(CCl)C(=O)[C@@H]2C)[C@@H]13. The van der Waals surface area contributed by atoms with Gasteiger partial charge >= 0.3 is 0 Å². The number of alkyl halides is 1. The van der Waals surface area contributed by atoms with Gasteiger partial charge in [0.2, 0.25) is 0 Å². The molecule has 138 valence electrons. The second-order valence-electron chi connectivity index (χ2n) is 9.33. The summed E-state index contributed by atoms with van der Waals surface area (Å²) in [5.41, 5.74) is -0.909. The fourth-order valence-electron chi connectivity index (χ4n) is 6.65. The second kappa shape index (κ2) is 5.96. The number of ether oxygens (including phenoxy) is 1. The molecule has 0 heterocycles. The van der Waals surface area contributed by atoms with Crippen molar-refractivity contribution < 1.29 is 14.6 Å². The van der Waals surface area contributed by atoms with Gasteiger partial charge in [0.15, 0.2) is 0 Å². The Morgan fingerprint density at radius 1 is 1.25 bits per heavy atom. The van der Waals surface area contributed by atoms with Crippen LogP contribution in [0.25, 0.3) is 0 Å². The number of carbonyl (C=O) groups excluding carboxylic acids is 1. The normalized spacial score (nSPS) is 55.0. The molecule has 3 nitrogen and oxygen atoms in total. The Hall–Kier alpha value is -0.120. The van der Waals surface area contributed by atoms with E-state index in [2.05, 4.69) is 20.8 Å². The van der Waals surface area contributed by atoms with Crippen LogP contribution in [-0.4, -0.2) is 36.1 Å². The molecule has 0 aromatic carbocycles. The Labute approximate surface area is 151 Å². The Bertz CT molecular complexity index is 523. The molecule has 8 atom stereocenters. The molecule has 24 heavy (non-hydrogen) atoms. The molecule has 3 rings (SSSR count). The minimum Gasteiger partial charge on any atom is -0.393 e. The van der Waals surface area contributed by atoms with Crippen molar-refractivity contribution in [3.63, 3.8) is 0 Å². The van der Waals surface area contributed by atoms with Crippen LogP contribution in [-0.2, 0) is 9.53 Å². The number of rotatable bonds is 2. The van der Waals surface area contributed by atoms with E-state index in [4.69, 9.17) is 16.3 Å². The Kier molecular flexibility index (Phi) is 4.63. The number of aliphatic hydroxyl groups is 1. The van der Waals surface area contributed by atoms with Crippen LogP contribution in [0.3, 0.4) is 0 Å². The number of aliphatic hydroxyl groups excluding tert-OH is 1. The highest BCUT2D eigenvalue weighted by Crippen LogP contribution is 2.68. The van der Waals surface area contributed by atoms with Crippen LogP contribution >= 0.6 is 11.6 Å². The van der Waals surface area contributed by atoms with Crippen molar-refractivity contribution in [3.8, 4) is 0 Å². The Balaban J connectivity index is 2.19. The molecule has 0 aromatic heterocycles. The van der Waals surface area contributed by atoms with E-state index in [1.165, 1.54) is 0 Å². The van der Waals surface area contributed by atoms with Crippen molar-refractivity contribution >= 4 is 17.4 Å². The maximum Gasteiger partial charge on any atom is 0.143 e. The van der Waals surface area contributed by atoms with Gasteiger partial charge in [-0.1, -0.05) is 27.7 Å². The summed E-state index contributed by atoms with van der Waals surface area (Å²) in [7, 11) is 1.79. The van der Waals surface area contributed by atoms with E-state index < -0.39 is 11.5 Å². The summed E-state index contributed by atoms with van der Waals surface area (Å²) in [4.78, 5) is 13.4. The molecule has 0 amide bonds. The molecule has 4 heteroatoms. The molecule has 3 fully saturated rings. The highest BCUT2D eigenvalue weighted by Gasteiger charge is 2.67. The van der Waals surface area contributed by atoms with Crippen molar-refractivity contribution in [1.82, 2.24) is 0 Å². The zero-order chi connectivity index (χ0) is 17.9. The smallest absolute Gasteiger partial charge is 0.143 e. The number of hydrogen-bond donors (Lipinski definition) is 1. The van der Waals surface area contributed by atoms with Crippen LogP contribution in [0, 0.1) is 34.0 Å². The summed E-state index contributed by atoms with van der Waals surface area (Å²) in [6.45, 7) is 8.58. The first-order valence-corrected chi connectivity index (χ1v) is 10.0. The van der Waals surface area contributed by atoms with Crippen LogP contribution in [0.2, 0.25) is 0 Å². The van der Waals surface area contributed by atoms with Gasteiger partial charge in [0.1, 0.15) is 5.78 Å². The number of carbonyl (C=O) groups is 1. The molecular weight excluding hydrogens is 324 g/mol. The third-order valence-electron chi connectivity index (χ3n) is 8.47. The fourth-order valence-corrected chi connectivity index (χ4v) is 6.89. The van der Waals surface area contributed by atoms with E-state index in [-0.39, 0.29) is 40.4 Å². The number of halogens is 1. The van der Waals surface area contributed by atoms with Crippen LogP contribution in [0.5, 0.6) is 0 Å². The van der Waals surface area contributed by atoms with Gasteiger partial charge in [-0.05, 0) is 49.4 Å². The Morgan fingerprint density at radius 3 is 2.46 bits per heavy atom. The maximum atomic E-state index is 13.4. The van der Waals surface area contributed by atoms with Crippen LogP contribution in [0.15, 0.2) is 0 Å². The predicted molar refractivity (Wildman–Crippen MR) is 96.1 cm³/mol. The molecular formula is C20H33ClO3. The zero-order valence-corrected chi connectivity index (χ0v) is 16.5.